The number of nitrogen functional groups attached to an aromatic ring is 1. The summed E-state index contributed by atoms with van der Waals surface area (Å²) in [6, 6.07) is 8.74. The highest BCUT2D eigenvalue weighted by molar-refractivity contribution is 5.93. The molecule has 2 heterocycles. The van der Waals surface area contributed by atoms with Crippen molar-refractivity contribution < 1.29 is 0 Å². The zero-order chi connectivity index (χ0) is 13.4. The minimum Gasteiger partial charge on any atom is -0.399 e. The summed E-state index contributed by atoms with van der Waals surface area (Å²) in [4.78, 5) is 6.96. The number of hydrogen-bond donors (Lipinski definition) is 1. The molecule has 0 spiro atoms. The van der Waals surface area contributed by atoms with E-state index >= 15 is 0 Å². The molecule has 0 bridgehead atoms. The van der Waals surface area contributed by atoms with Crippen LogP contribution in [0.4, 0.5) is 11.4 Å². The van der Waals surface area contributed by atoms with Gasteiger partial charge in [0.05, 0.1) is 5.52 Å². The summed E-state index contributed by atoms with van der Waals surface area (Å²) >= 11 is 0. The van der Waals surface area contributed by atoms with Gasteiger partial charge in [0, 0.05) is 35.5 Å². The first-order valence-electron chi connectivity index (χ1n) is 7.06. The van der Waals surface area contributed by atoms with Crippen LogP contribution >= 0.6 is 0 Å². The van der Waals surface area contributed by atoms with Crippen molar-refractivity contribution in [1.29, 1.82) is 0 Å². The van der Waals surface area contributed by atoms with E-state index in [0.717, 1.165) is 23.7 Å². The molecule has 1 aromatic heterocycles. The van der Waals surface area contributed by atoms with Gasteiger partial charge in [-0.05, 0) is 49.9 Å². The monoisotopic (exact) mass is 255 g/mol. The Bertz CT molecular complexity index is 594. The molecule has 2 N–H and O–H groups in total. The number of hydrogen-bond acceptors (Lipinski definition) is 3. The molecule has 2 unspecified atom stereocenters. The summed E-state index contributed by atoms with van der Waals surface area (Å²) < 4.78 is 0. The van der Waals surface area contributed by atoms with Crippen molar-refractivity contribution in [1.82, 2.24) is 4.98 Å². The highest BCUT2D eigenvalue weighted by Crippen LogP contribution is 2.32. The van der Waals surface area contributed by atoms with Gasteiger partial charge in [-0.3, -0.25) is 4.98 Å². The van der Waals surface area contributed by atoms with E-state index < -0.39 is 0 Å². The molecule has 2 atom stereocenters. The highest BCUT2D eigenvalue weighted by atomic mass is 15.2. The summed E-state index contributed by atoms with van der Waals surface area (Å²) in [6.07, 6.45) is 4.48. The number of fused-ring (bicyclic) bond motifs is 1. The maximum Gasteiger partial charge on any atom is 0.0743 e. The van der Waals surface area contributed by atoms with Gasteiger partial charge in [-0.15, -0.1) is 0 Å². The van der Waals surface area contributed by atoms with E-state index in [4.69, 9.17) is 5.73 Å². The summed E-state index contributed by atoms with van der Waals surface area (Å²) in [6.45, 7) is 5.78. The van der Waals surface area contributed by atoms with Crippen LogP contribution < -0.4 is 10.6 Å². The van der Waals surface area contributed by atoms with Gasteiger partial charge in [-0.1, -0.05) is 6.92 Å². The molecule has 3 rings (SSSR count). The Kier molecular flexibility index (Phi) is 3.05. The van der Waals surface area contributed by atoms with Gasteiger partial charge in [0.2, 0.25) is 0 Å². The van der Waals surface area contributed by atoms with E-state index in [0.29, 0.717) is 6.04 Å². The Balaban J connectivity index is 2.09. The molecular weight excluding hydrogens is 234 g/mol. The van der Waals surface area contributed by atoms with Crippen LogP contribution in [0.3, 0.4) is 0 Å². The van der Waals surface area contributed by atoms with Gasteiger partial charge in [0.1, 0.15) is 0 Å². The normalized spacial score (nSPS) is 23.8. The average Bonchev–Trinajstić information content (AvgIpc) is 2.40. The van der Waals surface area contributed by atoms with Crippen molar-refractivity contribution >= 4 is 22.3 Å². The Hall–Kier alpha value is -1.77. The van der Waals surface area contributed by atoms with E-state index in [9.17, 15) is 0 Å². The van der Waals surface area contributed by atoms with Crippen molar-refractivity contribution in [3.63, 3.8) is 0 Å². The summed E-state index contributed by atoms with van der Waals surface area (Å²) in [5.41, 5.74) is 8.91. The second-order valence-electron chi connectivity index (χ2n) is 5.79. The van der Waals surface area contributed by atoms with Crippen molar-refractivity contribution in [3.8, 4) is 0 Å². The lowest BCUT2D eigenvalue weighted by Gasteiger charge is -2.39. The van der Waals surface area contributed by atoms with Gasteiger partial charge in [0.15, 0.2) is 0 Å². The quantitative estimate of drug-likeness (QED) is 0.794. The second kappa shape index (κ2) is 4.72. The molecular formula is C16H21N3. The van der Waals surface area contributed by atoms with Crippen LogP contribution in [-0.2, 0) is 0 Å². The zero-order valence-corrected chi connectivity index (χ0v) is 11.6. The van der Waals surface area contributed by atoms with Gasteiger partial charge >= 0.3 is 0 Å². The third-order valence-electron chi connectivity index (χ3n) is 4.17. The van der Waals surface area contributed by atoms with Crippen LogP contribution in [0.25, 0.3) is 10.9 Å². The predicted octanol–water partition coefficient (Wildman–Crippen LogP) is 3.44. The summed E-state index contributed by atoms with van der Waals surface area (Å²) in [5.74, 6) is 0.758. The first kappa shape index (κ1) is 12.3. The molecule has 3 heteroatoms. The van der Waals surface area contributed by atoms with Crippen molar-refractivity contribution in [2.45, 2.75) is 32.7 Å². The van der Waals surface area contributed by atoms with Gasteiger partial charge in [-0.2, -0.15) is 0 Å². The van der Waals surface area contributed by atoms with Crippen molar-refractivity contribution in [2.24, 2.45) is 5.92 Å². The first-order valence-corrected chi connectivity index (χ1v) is 7.06. The maximum absolute atomic E-state index is 5.85. The zero-order valence-electron chi connectivity index (χ0n) is 11.6. The van der Waals surface area contributed by atoms with Crippen LogP contribution in [0.5, 0.6) is 0 Å². The molecule has 0 radical (unpaired) electrons. The van der Waals surface area contributed by atoms with Crippen molar-refractivity contribution in [3.05, 3.63) is 30.5 Å². The third-order valence-corrected chi connectivity index (χ3v) is 4.17. The van der Waals surface area contributed by atoms with Crippen molar-refractivity contribution in [2.75, 3.05) is 17.2 Å². The fourth-order valence-corrected chi connectivity index (χ4v) is 3.02. The third kappa shape index (κ3) is 2.25. The van der Waals surface area contributed by atoms with Gasteiger partial charge in [0.25, 0.3) is 0 Å². The topological polar surface area (TPSA) is 42.2 Å². The van der Waals surface area contributed by atoms with E-state index in [1.807, 2.05) is 18.3 Å². The molecule has 0 amide bonds. The Morgan fingerprint density at radius 2 is 2.05 bits per heavy atom. The fraction of sp³-hybridized carbons (Fsp3) is 0.438. The smallest absolute Gasteiger partial charge is 0.0743 e. The minimum absolute atomic E-state index is 0.597. The van der Waals surface area contributed by atoms with Crippen LogP contribution in [-0.4, -0.2) is 17.6 Å². The first-order chi connectivity index (χ1) is 9.15. The molecule has 2 aromatic rings. The number of pyridine rings is 1. The average molecular weight is 255 g/mol. The predicted molar refractivity (Wildman–Crippen MR) is 81.4 cm³/mol. The lowest BCUT2D eigenvalue weighted by atomic mass is 9.94. The summed E-state index contributed by atoms with van der Waals surface area (Å²) in [5, 5.41) is 1.21. The molecule has 1 aliphatic rings. The minimum atomic E-state index is 0.597. The molecule has 1 saturated heterocycles. The molecule has 100 valence electrons. The number of nitrogens with zero attached hydrogens (tertiary/aromatic N) is 2. The molecule has 1 aliphatic heterocycles. The highest BCUT2D eigenvalue weighted by Gasteiger charge is 2.24. The van der Waals surface area contributed by atoms with Crippen LogP contribution in [0.2, 0.25) is 0 Å². The van der Waals surface area contributed by atoms with Gasteiger partial charge in [-0.25, -0.2) is 0 Å². The van der Waals surface area contributed by atoms with E-state index in [1.165, 1.54) is 23.9 Å². The van der Waals surface area contributed by atoms with Crippen LogP contribution in [0.15, 0.2) is 30.5 Å². The SMILES string of the molecule is CC1CCC(C)N(c2ccnc3cc(N)ccc23)C1. The number of aromatic nitrogens is 1. The Labute approximate surface area is 114 Å². The molecule has 0 aliphatic carbocycles. The molecule has 19 heavy (non-hydrogen) atoms. The lowest BCUT2D eigenvalue weighted by molar-refractivity contribution is 0.391. The summed E-state index contributed by atoms with van der Waals surface area (Å²) in [7, 11) is 0. The largest absolute Gasteiger partial charge is 0.399 e. The van der Waals surface area contributed by atoms with E-state index in [1.54, 1.807) is 0 Å². The number of piperidine rings is 1. The number of nitrogens with two attached hydrogens (primary N) is 1. The fourth-order valence-electron chi connectivity index (χ4n) is 3.02. The second-order valence-corrected chi connectivity index (χ2v) is 5.79. The van der Waals surface area contributed by atoms with Gasteiger partial charge < -0.3 is 10.6 Å². The van der Waals surface area contributed by atoms with E-state index in [2.05, 4.69) is 35.9 Å². The Morgan fingerprint density at radius 3 is 2.89 bits per heavy atom. The molecule has 1 aromatic carbocycles. The number of rotatable bonds is 1. The molecule has 1 fully saturated rings. The molecule has 3 nitrogen and oxygen atoms in total. The Morgan fingerprint density at radius 1 is 1.21 bits per heavy atom. The van der Waals surface area contributed by atoms with E-state index in [-0.39, 0.29) is 0 Å². The lowest BCUT2D eigenvalue weighted by Crippen LogP contribution is -2.41. The standard InChI is InChI=1S/C16H21N3/c1-11-3-4-12(2)19(10-11)16-7-8-18-15-9-13(17)5-6-14(15)16/h5-9,11-12H,3-4,10,17H2,1-2H3. The number of benzene rings is 1. The van der Waals surface area contributed by atoms with Crippen LogP contribution in [0.1, 0.15) is 26.7 Å². The molecule has 0 saturated carbocycles. The van der Waals surface area contributed by atoms with Crippen LogP contribution in [0, 0.1) is 5.92 Å². The maximum atomic E-state index is 5.85. The number of anilines is 2.